The molecule has 2 rings (SSSR count). The molecule has 1 amide bonds. The lowest BCUT2D eigenvalue weighted by molar-refractivity contribution is -0.123. The minimum Gasteiger partial charge on any atom is -0.450 e. The molecule has 0 spiro atoms. The van der Waals surface area contributed by atoms with Crippen molar-refractivity contribution in [3.63, 3.8) is 0 Å². The molecule has 0 saturated carbocycles. The van der Waals surface area contributed by atoms with Crippen LogP contribution in [0.15, 0.2) is 0 Å². The van der Waals surface area contributed by atoms with E-state index in [1.165, 1.54) is 0 Å². The van der Waals surface area contributed by atoms with Crippen molar-refractivity contribution in [2.24, 2.45) is 0 Å². The molecule has 0 aromatic carbocycles. The molecule has 2 aliphatic rings. The van der Waals surface area contributed by atoms with Crippen molar-refractivity contribution < 1.29 is 14.3 Å². The summed E-state index contributed by atoms with van der Waals surface area (Å²) >= 11 is 0. The monoisotopic (exact) mass is 197 g/mol. The van der Waals surface area contributed by atoms with Gasteiger partial charge in [-0.2, -0.15) is 0 Å². The number of carbonyl (C=O) groups is 2. The van der Waals surface area contributed by atoms with E-state index in [1.54, 1.807) is 11.8 Å². The number of carbonyl (C=O) groups excluding carboxylic acids is 2. The number of fused-ring (bicyclic) bond motifs is 2. The number of ketones is 1. The van der Waals surface area contributed by atoms with Crippen molar-refractivity contribution in [2.75, 3.05) is 6.61 Å². The van der Waals surface area contributed by atoms with Gasteiger partial charge in [-0.25, -0.2) is 4.79 Å². The van der Waals surface area contributed by atoms with E-state index in [2.05, 4.69) is 0 Å². The van der Waals surface area contributed by atoms with Crippen molar-refractivity contribution in [1.82, 2.24) is 4.90 Å². The number of nitrogens with zero attached hydrogens (tertiary/aromatic N) is 1. The fourth-order valence-electron chi connectivity index (χ4n) is 2.47. The van der Waals surface area contributed by atoms with Gasteiger partial charge < -0.3 is 9.64 Å². The quantitative estimate of drug-likeness (QED) is 0.637. The third kappa shape index (κ3) is 1.49. The second-order valence-electron chi connectivity index (χ2n) is 3.94. The molecule has 0 aromatic rings. The van der Waals surface area contributed by atoms with E-state index in [9.17, 15) is 9.59 Å². The molecule has 0 unspecified atom stereocenters. The molecule has 0 aliphatic carbocycles. The second kappa shape index (κ2) is 3.59. The van der Waals surface area contributed by atoms with Crippen LogP contribution in [0.5, 0.6) is 0 Å². The molecule has 2 heterocycles. The first kappa shape index (κ1) is 9.49. The summed E-state index contributed by atoms with van der Waals surface area (Å²) in [6.45, 7) is 2.21. The van der Waals surface area contributed by atoms with Crippen molar-refractivity contribution in [3.05, 3.63) is 0 Å². The average Bonchev–Trinajstić information content (AvgIpc) is 2.39. The van der Waals surface area contributed by atoms with E-state index >= 15 is 0 Å². The Balaban J connectivity index is 2.07. The molecule has 2 fully saturated rings. The zero-order valence-electron chi connectivity index (χ0n) is 8.36. The lowest BCUT2D eigenvalue weighted by Crippen LogP contribution is -2.46. The summed E-state index contributed by atoms with van der Waals surface area (Å²) in [5, 5.41) is 0. The predicted octanol–water partition coefficient (Wildman–Crippen LogP) is 1.34. The first-order valence-corrected chi connectivity index (χ1v) is 5.19. The van der Waals surface area contributed by atoms with Crippen LogP contribution in [0.4, 0.5) is 4.79 Å². The smallest absolute Gasteiger partial charge is 0.410 e. The van der Waals surface area contributed by atoms with Crippen molar-refractivity contribution in [1.29, 1.82) is 0 Å². The zero-order valence-corrected chi connectivity index (χ0v) is 8.36. The number of amides is 1. The SMILES string of the molecule is CCOC(=O)N1[C@@H]2CC[C@H]1CC(=O)C2. The number of hydrogen-bond donors (Lipinski definition) is 0. The van der Waals surface area contributed by atoms with Crippen LogP contribution in [0.2, 0.25) is 0 Å². The molecule has 2 saturated heterocycles. The van der Waals surface area contributed by atoms with Crippen LogP contribution in [0.25, 0.3) is 0 Å². The molecule has 0 radical (unpaired) electrons. The average molecular weight is 197 g/mol. The minimum atomic E-state index is -0.243. The van der Waals surface area contributed by atoms with Gasteiger partial charge in [0.1, 0.15) is 5.78 Å². The topological polar surface area (TPSA) is 46.6 Å². The van der Waals surface area contributed by atoms with E-state index in [4.69, 9.17) is 4.74 Å². The lowest BCUT2D eigenvalue weighted by Gasteiger charge is -2.32. The molecule has 0 N–H and O–H groups in total. The van der Waals surface area contributed by atoms with Gasteiger partial charge in [-0.1, -0.05) is 0 Å². The third-order valence-corrected chi connectivity index (χ3v) is 3.03. The summed E-state index contributed by atoms with van der Waals surface area (Å²) in [6.07, 6.45) is 2.71. The molecule has 4 heteroatoms. The summed E-state index contributed by atoms with van der Waals surface area (Å²) in [7, 11) is 0. The van der Waals surface area contributed by atoms with Gasteiger partial charge in [-0.05, 0) is 19.8 Å². The van der Waals surface area contributed by atoms with E-state index < -0.39 is 0 Å². The fourth-order valence-corrected chi connectivity index (χ4v) is 2.47. The van der Waals surface area contributed by atoms with Crippen LogP contribution < -0.4 is 0 Å². The number of piperidine rings is 1. The van der Waals surface area contributed by atoms with Crippen LogP contribution in [-0.4, -0.2) is 35.5 Å². The Kier molecular flexibility index (Phi) is 2.44. The van der Waals surface area contributed by atoms with Gasteiger partial charge >= 0.3 is 6.09 Å². The number of Topliss-reactive ketones (excluding diaryl/α,β-unsaturated/α-hetero) is 1. The van der Waals surface area contributed by atoms with Gasteiger partial charge in [0, 0.05) is 24.9 Å². The van der Waals surface area contributed by atoms with Gasteiger partial charge in [0.25, 0.3) is 0 Å². The van der Waals surface area contributed by atoms with Crippen molar-refractivity contribution in [3.8, 4) is 0 Å². The van der Waals surface area contributed by atoms with Crippen LogP contribution in [-0.2, 0) is 9.53 Å². The first-order chi connectivity index (χ1) is 6.72. The molecular weight excluding hydrogens is 182 g/mol. The highest BCUT2D eigenvalue weighted by Gasteiger charge is 2.43. The van der Waals surface area contributed by atoms with Gasteiger partial charge in [-0.3, -0.25) is 4.79 Å². The highest BCUT2D eigenvalue weighted by molar-refractivity contribution is 5.83. The molecule has 0 aromatic heterocycles. The largest absolute Gasteiger partial charge is 0.450 e. The minimum absolute atomic E-state index is 0.111. The fraction of sp³-hybridized carbons (Fsp3) is 0.800. The molecule has 14 heavy (non-hydrogen) atoms. The van der Waals surface area contributed by atoms with Gasteiger partial charge in [0.15, 0.2) is 0 Å². The first-order valence-electron chi connectivity index (χ1n) is 5.19. The Morgan fingerprint density at radius 3 is 2.50 bits per heavy atom. The summed E-state index contributed by atoms with van der Waals surface area (Å²) in [6, 6.07) is 0.223. The van der Waals surface area contributed by atoms with E-state index in [0.29, 0.717) is 19.4 Å². The lowest BCUT2D eigenvalue weighted by atomic mass is 10.0. The molecule has 2 aliphatic heterocycles. The third-order valence-electron chi connectivity index (χ3n) is 3.03. The summed E-state index contributed by atoms with van der Waals surface area (Å²) in [4.78, 5) is 24.6. The highest BCUT2D eigenvalue weighted by Crippen LogP contribution is 2.34. The highest BCUT2D eigenvalue weighted by atomic mass is 16.6. The summed E-state index contributed by atoms with van der Waals surface area (Å²) in [5.41, 5.74) is 0. The van der Waals surface area contributed by atoms with Crippen molar-refractivity contribution >= 4 is 11.9 Å². The summed E-state index contributed by atoms with van der Waals surface area (Å²) in [5.74, 6) is 0.290. The normalized spacial score (nSPS) is 30.6. The molecule has 4 nitrogen and oxygen atoms in total. The molecule has 2 bridgehead atoms. The summed E-state index contributed by atoms with van der Waals surface area (Å²) < 4.78 is 4.97. The van der Waals surface area contributed by atoms with Crippen LogP contribution >= 0.6 is 0 Å². The van der Waals surface area contributed by atoms with Gasteiger partial charge in [-0.15, -0.1) is 0 Å². The standard InChI is InChI=1S/C10H15NO3/c1-2-14-10(13)11-7-3-4-8(11)6-9(12)5-7/h7-8H,2-6H2,1H3/t7-,8+. The Morgan fingerprint density at radius 2 is 2.00 bits per heavy atom. The van der Waals surface area contributed by atoms with E-state index in [-0.39, 0.29) is 24.0 Å². The molecule has 78 valence electrons. The van der Waals surface area contributed by atoms with Crippen LogP contribution in [0, 0.1) is 0 Å². The zero-order chi connectivity index (χ0) is 10.1. The number of hydrogen-bond acceptors (Lipinski definition) is 3. The second-order valence-corrected chi connectivity index (χ2v) is 3.94. The van der Waals surface area contributed by atoms with Crippen molar-refractivity contribution in [2.45, 2.75) is 44.7 Å². The van der Waals surface area contributed by atoms with E-state index in [0.717, 1.165) is 12.8 Å². The van der Waals surface area contributed by atoms with Gasteiger partial charge in [0.2, 0.25) is 0 Å². The predicted molar refractivity (Wildman–Crippen MR) is 49.9 cm³/mol. The number of rotatable bonds is 1. The van der Waals surface area contributed by atoms with Gasteiger partial charge in [0.05, 0.1) is 6.61 Å². The van der Waals surface area contributed by atoms with Crippen LogP contribution in [0.3, 0.4) is 0 Å². The number of ether oxygens (including phenoxy) is 1. The molecule has 2 atom stereocenters. The maximum atomic E-state index is 11.6. The Hall–Kier alpha value is -1.06. The Bertz CT molecular complexity index is 248. The maximum absolute atomic E-state index is 11.6. The van der Waals surface area contributed by atoms with E-state index in [1.807, 2.05) is 0 Å². The Labute approximate surface area is 83.2 Å². The Morgan fingerprint density at radius 1 is 1.43 bits per heavy atom. The maximum Gasteiger partial charge on any atom is 0.410 e. The molecular formula is C10H15NO3. The van der Waals surface area contributed by atoms with Crippen LogP contribution in [0.1, 0.15) is 32.6 Å².